The summed E-state index contributed by atoms with van der Waals surface area (Å²) in [5.74, 6) is -0.0580. The molecule has 45 heavy (non-hydrogen) atoms. The van der Waals surface area contributed by atoms with Gasteiger partial charge in [-0.15, -0.1) is 0 Å². The van der Waals surface area contributed by atoms with E-state index >= 15 is 4.39 Å². The van der Waals surface area contributed by atoms with Gasteiger partial charge in [0.2, 0.25) is 11.8 Å². The number of benzene rings is 3. The summed E-state index contributed by atoms with van der Waals surface area (Å²) in [4.78, 5) is 30.3. The van der Waals surface area contributed by atoms with Crippen molar-refractivity contribution in [3.05, 3.63) is 90.6 Å². The van der Waals surface area contributed by atoms with Crippen molar-refractivity contribution in [2.45, 2.75) is 32.1 Å². The molecule has 1 aliphatic rings. The second kappa shape index (κ2) is 14.4. The summed E-state index contributed by atoms with van der Waals surface area (Å²) >= 11 is 4.21. The summed E-state index contributed by atoms with van der Waals surface area (Å²) in [5, 5.41) is 5.87. The first kappa shape index (κ1) is 31.8. The van der Waals surface area contributed by atoms with E-state index in [1.165, 1.54) is 43.5 Å². The lowest BCUT2D eigenvalue weighted by molar-refractivity contribution is -0.131. The van der Waals surface area contributed by atoms with Gasteiger partial charge in [0.15, 0.2) is 23.1 Å². The highest BCUT2D eigenvalue weighted by Crippen LogP contribution is 2.47. The molecule has 5 rings (SSSR count). The number of halogens is 2. The molecule has 1 fully saturated rings. The van der Waals surface area contributed by atoms with Crippen LogP contribution in [0.1, 0.15) is 32.1 Å². The molecule has 1 aromatic heterocycles. The Bertz CT molecular complexity index is 1710. The fourth-order valence-corrected chi connectivity index (χ4v) is 4.85. The third-order valence-corrected chi connectivity index (χ3v) is 7.67. The van der Waals surface area contributed by atoms with Crippen molar-refractivity contribution in [1.82, 2.24) is 4.98 Å². The molecule has 0 bridgehead atoms. The average Bonchev–Trinajstić information content (AvgIpc) is 3.85. The zero-order valence-corrected chi connectivity index (χ0v) is 25.5. The first-order valence-electron chi connectivity index (χ1n) is 14.5. The first-order chi connectivity index (χ1) is 21.8. The molecule has 0 aliphatic heterocycles. The minimum Gasteiger partial charge on any atom is -0.493 e. The minimum absolute atomic E-state index is 0.0697. The number of pyridine rings is 1. The third kappa shape index (κ3) is 7.72. The number of carbonyl (C=O) groups excluding carboxylic acids is 2. The Labute approximate surface area is 265 Å². The van der Waals surface area contributed by atoms with Crippen LogP contribution in [0.2, 0.25) is 0 Å². The molecule has 2 amide bonds. The van der Waals surface area contributed by atoms with Crippen LogP contribution in [0.5, 0.6) is 23.0 Å². The Morgan fingerprint density at radius 2 is 1.60 bits per heavy atom. The normalized spacial score (nSPS) is 13.4. The highest BCUT2D eigenvalue weighted by molar-refractivity contribution is 7.80. The zero-order chi connectivity index (χ0) is 31.8. The molecular formula is C34H33F2N3O5S. The maximum absolute atomic E-state index is 15.2. The number of unbranched alkanes of at least 4 members (excludes halogenated alkanes) is 1. The molecule has 2 N–H and O–H groups in total. The molecule has 0 unspecified atom stereocenters. The molecule has 1 saturated carbocycles. The fourth-order valence-electron chi connectivity index (χ4n) is 4.67. The Hall–Kier alpha value is -4.64. The molecule has 8 nitrogen and oxygen atoms in total. The van der Waals surface area contributed by atoms with Crippen LogP contribution in [0.3, 0.4) is 0 Å². The maximum atomic E-state index is 15.2. The van der Waals surface area contributed by atoms with Crippen LogP contribution in [-0.4, -0.2) is 36.3 Å². The molecule has 0 saturated heterocycles. The van der Waals surface area contributed by atoms with Crippen LogP contribution in [-0.2, 0) is 9.59 Å². The van der Waals surface area contributed by atoms with Gasteiger partial charge in [0, 0.05) is 35.1 Å². The third-order valence-electron chi connectivity index (χ3n) is 7.36. The quantitative estimate of drug-likeness (QED) is 0.0570. The Kier molecular flexibility index (Phi) is 10.2. The number of carbonyl (C=O) groups is 2. The second-order valence-corrected chi connectivity index (χ2v) is 11.0. The number of fused-ring (bicyclic) bond motifs is 1. The van der Waals surface area contributed by atoms with Crippen molar-refractivity contribution in [1.29, 1.82) is 0 Å². The molecule has 1 heterocycles. The number of rotatable bonds is 14. The van der Waals surface area contributed by atoms with Gasteiger partial charge in [0.05, 0.1) is 19.2 Å². The number of allylic oxidation sites excluding steroid dienone is 1. The molecule has 11 heteroatoms. The number of hydrogen-bond acceptors (Lipinski definition) is 7. The number of methoxy groups -OCH3 is 1. The molecule has 0 spiro atoms. The van der Waals surface area contributed by atoms with Crippen LogP contribution >= 0.6 is 12.6 Å². The number of aromatic nitrogens is 1. The zero-order valence-electron chi connectivity index (χ0n) is 24.6. The summed E-state index contributed by atoms with van der Waals surface area (Å²) in [6, 6.07) is 14.4. The van der Waals surface area contributed by atoms with Crippen molar-refractivity contribution in [3.63, 3.8) is 0 Å². The average molecular weight is 634 g/mol. The van der Waals surface area contributed by atoms with Crippen LogP contribution in [0.15, 0.2) is 79.0 Å². The Balaban J connectivity index is 1.25. The van der Waals surface area contributed by atoms with Crippen LogP contribution in [0.25, 0.3) is 10.9 Å². The lowest BCUT2D eigenvalue weighted by Gasteiger charge is -2.16. The molecule has 234 valence electrons. The predicted octanol–water partition coefficient (Wildman–Crippen LogP) is 7.71. The lowest BCUT2D eigenvalue weighted by Crippen LogP contribution is -2.35. The van der Waals surface area contributed by atoms with Gasteiger partial charge in [-0.25, -0.2) is 8.78 Å². The maximum Gasteiger partial charge on any atom is 0.240 e. The summed E-state index contributed by atoms with van der Waals surface area (Å²) < 4.78 is 45.8. The fraction of sp³-hybridized carbons (Fsp3) is 0.265. The Morgan fingerprint density at radius 1 is 0.889 bits per heavy atom. The molecule has 3 aromatic carbocycles. The van der Waals surface area contributed by atoms with Gasteiger partial charge in [-0.05, 0) is 86.4 Å². The molecular weight excluding hydrogens is 600 g/mol. The summed E-state index contributed by atoms with van der Waals surface area (Å²) in [6.07, 6.45) is 9.17. The van der Waals surface area contributed by atoms with Gasteiger partial charge in [-0.2, -0.15) is 12.6 Å². The number of amides is 2. The van der Waals surface area contributed by atoms with Gasteiger partial charge in [-0.3, -0.25) is 14.6 Å². The van der Waals surface area contributed by atoms with E-state index in [2.05, 4.69) is 40.4 Å². The van der Waals surface area contributed by atoms with Gasteiger partial charge in [0.25, 0.3) is 0 Å². The number of anilines is 2. The van der Waals surface area contributed by atoms with E-state index in [4.69, 9.17) is 14.2 Å². The van der Waals surface area contributed by atoms with Crippen LogP contribution in [0, 0.1) is 17.0 Å². The smallest absolute Gasteiger partial charge is 0.240 e. The second-order valence-electron chi connectivity index (χ2n) is 10.5. The monoisotopic (exact) mass is 633 g/mol. The van der Waals surface area contributed by atoms with E-state index in [9.17, 15) is 14.0 Å². The van der Waals surface area contributed by atoms with E-state index < -0.39 is 28.9 Å². The molecule has 4 aromatic rings. The van der Waals surface area contributed by atoms with Crippen molar-refractivity contribution in [2.75, 3.05) is 30.1 Å². The summed E-state index contributed by atoms with van der Waals surface area (Å²) in [6.45, 7) is 0.462. The lowest BCUT2D eigenvalue weighted by atomic mass is 10.0. The van der Waals surface area contributed by atoms with E-state index in [0.717, 1.165) is 31.1 Å². The number of thiol groups is 1. The SMILES string of the molecule is COc1cc2c(Oc3ccc(NC(=O)C4(C(=O)Nc5ccc(F)cc5)CC4)cc3F)ccnc2cc1OCC/C=C/CCCS. The highest BCUT2D eigenvalue weighted by atomic mass is 32.1. The summed E-state index contributed by atoms with van der Waals surface area (Å²) in [5.41, 5.74) is -0.155. The van der Waals surface area contributed by atoms with E-state index in [1.807, 2.05) is 0 Å². The van der Waals surface area contributed by atoms with E-state index in [1.54, 1.807) is 24.4 Å². The first-order valence-corrected chi connectivity index (χ1v) is 15.2. The van der Waals surface area contributed by atoms with Crippen molar-refractivity contribution in [2.24, 2.45) is 5.41 Å². The highest BCUT2D eigenvalue weighted by Gasteiger charge is 2.56. The molecule has 1 aliphatic carbocycles. The van der Waals surface area contributed by atoms with Crippen LogP contribution in [0.4, 0.5) is 20.2 Å². The van der Waals surface area contributed by atoms with Gasteiger partial charge in [0.1, 0.15) is 17.0 Å². The number of nitrogens with zero attached hydrogens (tertiary/aromatic N) is 1. The van der Waals surface area contributed by atoms with Crippen molar-refractivity contribution < 1.29 is 32.6 Å². The predicted molar refractivity (Wildman–Crippen MR) is 172 cm³/mol. The number of nitrogens with one attached hydrogen (secondary N) is 2. The molecule has 0 atom stereocenters. The van der Waals surface area contributed by atoms with Gasteiger partial charge in [-0.1, -0.05) is 12.2 Å². The topological polar surface area (TPSA) is 98.8 Å². The number of ether oxygens (including phenoxy) is 3. The van der Waals surface area contributed by atoms with E-state index in [-0.39, 0.29) is 11.4 Å². The molecule has 0 radical (unpaired) electrons. The van der Waals surface area contributed by atoms with Crippen molar-refractivity contribution >= 4 is 46.7 Å². The van der Waals surface area contributed by atoms with Crippen molar-refractivity contribution in [3.8, 4) is 23.0 Å². The Morgan fingerprint density at radius 3 is 2.29 bits per heavy atom. The summed E-state index contributed by atoms with van der Waals surface area (Å²) in [7, 11) is 1.53. The standard InChI is InChI=1S/C34H33F2N3O5S/c1-42-30-20-25-27(21-31(30)43-17-5-3-2-4-6-18-45)37-16-13-28(25)44-29-12-11-24(19-26(29)36)39-33(41)34(14-15-34)32(40)38-23-9-7-22(35)8-10-23/h2-3,7-13,16,19-21,45H,4-6,14-15,17-18H2,1H3,(H,38,40)(H,39,41)/b3-2+. The largest absolute Gasteiger partial charge is 0.493 e. The van der Waals surface area contributed by atoms with E-state index in [0.29, 0.717) is 53.3 Å². The van der Waals surface area contributed by atoms with Crippen LogP contribution < -0.4 is 24.8 Å². The van der Waals surface area contributed by atoms with Gasteiger partial charge >= 0.3 is 0 Å². The number of hydrogen-bond donors (Lipinski definition) is 3. The minimum atomic E-state index is -1.28. The van der Waals surface area contributed by atoms with Gasteiger partial charge < -0.3 is 24.8 Å².